The first-order chi connectivity index (χ1) is 4.20. The monoisotopic (exact) mass is 146 g/mol. The predicted molar refractivity (Wildman–Crippen MR) is 22.8 cm³/mol. The first-order valence-corrected chi connectivity index (χ1v) is 2.26. The molecule has 0 amide bonds. The summed E-state index contributed by atoms with van der Waals surface area (Å²) in [5, 5.41) is 0. The number of halogens is 4. The fourth-order valence-corrected chi connectivity index (χ4v) is 0.233. The van der Waals surface area contributed by atoms with Gasteiger partial charge >= 0.3 is 0 Å². The molecular formula is C4H6F4O. The Labute approximate surface area is 49.6 Å². The standard InChI is InChI=1S/C4H6F4O/c5-1-3(7)9-4(8)2-6/h3-4H,1-2H2. The Kier molecular flexibility index (Phi) is 4.39. The summed E-state index contributed by atoms with van der Waals surface area (Å²) < 4.78 is 48.8. The maximum atomic E-state index is 11.6. The second kappa shape index (κ2) is 4.55. The molecule has 56 valence electrons. The van der Waals surface area contributed by atoms with Crippen molar-refractivity contribution in [2.24, 2.45) is 0 Å². The number of hydrogen-bond donors (Lipinski definition) is 0. The normalized spacial score (nSPS) is 17.3. The third-order valence-corrected chi connectivity index (χ3v) is 0.538. The molecule has 0 fully saturated rings. The van der Waals surface area contributed by atoms with Crippen LogP contribution < -0.4 is 0 Å². The van der Waals surface area contributed by atoms with Crippen molar-refractivity contribution in [2.75, 3.05) is 13.3 Å². The second-order valence-electron chi connectivity index (χ2n) is 1.26. The molecule has 0 aromatic rings. The lowest BCUT2D eigenvalue weighted by molar-refractivity contribution is -0.151. The molecule has 0 saturated carbocycles. The van der Waals surface area contributed by atoms with Gasteiger partial charge in [-0.25, -0.2) is 17.6 Å². The van der Waals surface area contributed by atoms with E-state index in [0.29, 0.717) is 0 Å². The summed E-state index contributed by atoms with van der Waals surface area (Å²) in [5.74, 6) is 0. The molecule has 0 aliphatic carbocycles. The second-order valence-corrected chi connectivity index (χ2v) is 1.26. The fraction of sp³-hybridized carbons (Fsp3) is 1.00. The lowest BCUT2D eigenvalue weighted by Crippen LogP contribution is -2.17. The van der Waals surface area contributed by atoms with Gasteiger partial charge in [-0.1, -0.05) is 0 Å². The van der Waals surface area contributed by atoms with Gasteiger partial charge in [0.15, 0.2) is 0 Å². The highest BCUT2D eigenvalue weighted by atomic mass is 19.2. The number of hydrogen-bond acceptors (Lipinski definition) is 1. The van der Waals surface area contributed by atoms with Crippen LogP contribution in [0.25, 0.3) is 0 Å². The Morgan fingerprint density at radius 1 is 1.00 bits per heavy atom. The van der Waals surface area contributed by atoms with Crippen molar-refractivity contribution >= 4 is 0 Å². The zero-order valence-electron chi connectivity index (χ0n) is 4.49. The van der Waals surface area contributed by atoms with Gasteiger partial charge in [0.05, 0.1) is 0 Å². The van der Waals surface area contributed by atoms with Crippen molar-refractivity contribution in [3.63, 3.8) is 0 Å². The minimum absolute atomic E-state index is 1.46. The van der Waals surface area contributed by atoms with E-state index in [0.717, 1.165) is 0 Å². The van der Waals surface area contributed by atoms with Crippen molar-refractivity contribution < 1.29 is 22.3 Å². The summed E-state index contributed by atoms with van der Waals surface area (Å²) in [6, 6.07) is 0. The molecule has 0 radical (unpaired) electrons. The van der Waals surface area contributed by atoms with E-state index in [1.807, 2.05) is 0 Å². The molecular weight excluding hydrogens is 140 g/mol. The van der Waals surface area contributed by atoms with Crippen molar-refractivity contribution in [1.29, 1.82) is 0 Å². The molecule has 0 rings (SSSR count). The average Bonchev–Trinajstić information content (AvgIpc) is 1.87. The van der Waals surface area contributed by atoms with E-state index in [4.69, 9.17) is 0 Å². The number of ether oxygens (including phenoxy) is 1. The molecule has 0 aromatic carbocycles. The first-order valence-electron chi connectivity index (χ1n) is 2.26. The molecule has 0 spiro atoms. The highest BCUT2D eigenvalue weighted by Crippen LogP contribution is 2.02. The van der Waals surface area contributed by atoms with Gasteiger partial charge in [0, 0.05) is 0 Å². The van der Waals surface area contributed by atoms with Crippen LogP contribution in [0.1, 0.15) is 0 Å². The molecule has 0 aliphatic rings. The van der Waals surface area contributed by atoms with Gasteiger partial charge in [-0.3, -0.25) is 0 Å². The molecule has 2 atom stereocenters. The molecule has 1 nitrogen and oxygen atoms in total. The highest BCUT2D eigenvalue weighted by Gasteiger charge is 2.13. The number of rotatable bonds is 4. The molecule has 9 heavy (non-hydrogen) atoms. The van der Waals surface area contributed by atoms with Crippen LogP contribution in [0.5, 0.6) is 0 Å². The summed E-state index contributed by atoms with van der Waals surface area (Å²) in [6.45, 7) is -2.92. The van der Waals surface area contributed by atoms with E-state index >= 15 is 0 Å². The van der Waals surface area contributed by atoms with Crippen LogP contribution in [-0.2, 0) is 4.74 Å². The van der Waals surface area contributed by atoms with Gasteiger partial charge in [0.1, 0.15) is 13.3 Å². The largest absolute Gasteiger partial charge is 0.309 e. The van der Waals surface area contributed by atoms with E-state index in [9.17, 15) is 17.6 Å². The Morgan fingerprint density at radius 2 is 1.33 bits per heavy atom. The van der Waals surface area contributed by atoms with Gasteiger partial charge in [-0.05, 0) is 0 Å². The lowest BCUT2D eigenvalue weighted by Gasteiger charge is -2.06. The van der Waals surface area contributed by atoms with Crippen LogP contribution in [-0.4, -0.2) is 26.1 Å². The van der Waals surface area contributed by atoms with Crippen molar-refractivity contribution in [3.05, 3.63) is 0 Å². The van der Waals surface area contributed by atoms with Gasteiger partial charge < -0.3 is 4.74 Å². The third-order valence-electron chi connectivity index (χ3n) is 0.538. The van der Waals surface area contributed by atoms with Crippen LogP contribution in [0.3, 0.4) is 0 Å². The average molecular weight is 146 g/mol. The maximum Gasteiger partial charge on any atom is 0.230 e. The van der Waals surface area contributed by atoms with E-state index in [1.54, 1.807) is 0 Å². The van der Waals surface area contributed by atoms with Crippen molar-refractivity contribution in [2.45, 2.75) is 12.7 Å². The van der Waals surface area contributed by atoms with E-state index < -0.39 is 26.1 Å². The molecule has 0 aromatic heterocycles. The zero-order valence-corrected chi connectivity index (χ0v) is 4.49. The lowest BCUT2D eigenvalue weighted by atomic mass is 10.7. The van der Waals surface area contributed by atoms with Crippen molar-refractivity contribution in [1.82, 2.24) is 0 Å². The van der Waals surface area contributed by atoms with Crippen molar-refractivity contribution in [3.8, 4) is 0 Å². The van der Waals surface area contributed by atoms with Crippen LogP contribution in [0.2, 0.25) is 0 Å². The van der Waals surface area contributed by atoms with Crippen LogP contribution in [0.15, 0.2) is 0 Å². The van der Waals surface area contributed by atoms with Crippen LogP contribution in [0.4, 0.5) is 17.6 Å². The highest BCUT2D eigenvalue weighted by molar-refractivity contribution is 4.39. The van der Waals surface area contributed by atoms with Gasteiger partial charge in [-0.15, -0.1) is 0 Å². The summed E-state index contributed by atoms with van der Waals surface area (Å²) >= 11 is 0. The Hall–Kier alpha value is -0.320. The molecule has 0 saturated heterocycles. The predicted octanol–water partition coefficient (Wildman–Crippen LogP) is 1.53. The van der Waals surface area contributed by atoms with Gasteiger partial charge in [0.2, 0.25) is 12.7 Å². The SMILES string of the molecule is FCC(F)OC(F)CF. The molecule has 0 N–H and O–H groups in total. The Morgan fingerprint density at radius 3 is 1.56 bits per heavy atom. The van der Waals surface area contributed by atoms with Crippen LogP contribution >= 0.6 is 0 Å². The number of alkyl halides is 4. The molecule has 0 bridgehead atoms. The van der Waals surface area contributed by atoms with Crippen LogP contribution in [0, 0.1) is 0 Å². The zero-order chi connectivity index (χ0) is 7.28. The summed E-state index contributed by atoms with van der Waals surface area (Å²) in [4.78, 5) is 0. The molecule has 0 aliphatic heterocycles. The molecule has 5 heteroatoms. The minimum Gasteiger partial charge on any atom is -0.309 e. The summed E-state index contributed by atoms with van der Waals surface area (Å²) in [6.07, 6.45) is -4.70. The quantitative estimate of drug-likeness (QED) is 0.546. The summed E-state index contributed by atoms with van der Waals surface area (Å²) in [7, 11) is 0. The Balaban J connectivity index is 3.22. The van der Waals surface area contributed by atoms with Gasteiger partial charge in [0.25, 0.3) is 0 Å². The topological polar surface area (TPSA) is 9.23 Å². The smallest absolute Gasteiger partial charge is 0.230 e. The Bertz CT molecular complexity index is 61.6. The minimum atomic E-state index is -2.35. The summed E-state index contributed by atoms with van der Waals surface area (Å²) in [5.41, 5.74) is 0. The van der Waals surface area contributed by atoms with E-state index in [2.05, 4.69) is 4.74 Å². The first kappa shape index (κ1) is 8.68. The van der Waals surface area contributed by atoms with E-state index in [1.165, 1.54) is 0 Å². The molecule has 0 heterocycles. The van der Waals surface area contributed by atoms with E-state index in [-0.39, 0.29) is 0 Å². The van der Waals surface area contributed by atoms with Gasteiger partial charge in [-0.2, -0.15) is 0 Å². The maximum absolute atomic E-state index is 11.6. The fourth-order valence-electron chi connectivity index (χ4n) is 0.233. The molecule has 2 unspecified atom stereocenters. The third kappa shape index (κ3) is 4.20.